The molecule has 0 saturated carbocycles. The van der Waals surface area contributed by atoms with Crippen molar-refractivity contribution in [3.8, 4) is 11.5 Å². The first-order valence-corrected chi connectivity index (χ1v) is 12.8. The third-order valence-electron chi connectivity index (χ3n) is 6.30. The molecular formula is C27H41NO10. The lowest BCUT2D eigenvalue weighted by molar-refractivity contribution is -0.162. The highest BCUT2D eigenvalue weighted by atomic mass is 16.7. The number of hydrogen-bond acceptors (Lipinski definition) is 10. The Kier molecular flexibility index (Phi) is 13.0. The quantitative estimate of drug-likeness (QED) is 0.185. The van der Waals surface area contributed by atoms with Gasteiger partial charge in [-0.15, -0.1) is 0 Å². The number of rotatable bonds is 14. The zero-order valence-corrected chi connectivity index (χ0v) is 23.3. The van der Waals surface area contributed by atoms with E-state index in [0.29, 0.717) is 24.8 Å². The fourth-order valence-electron chi connectivity index (χ4n) is 3.37. The maximum absolute atomic E-state index is 12.7. The highest BCUT2D eigenvalue weighted by molar-refractivity contribution is 5.76. The Morgan fingerprint density at radius 1 is 0.921 bits per heavy atom. The number of benzene rings is 1. The molecule has 0 amide bonds. The number of ether oxygens (including phenoxy) is 5. The summed E-state index contributed by atoms with van der Waals surface area (Å²) in [5.74, 6) is -3.47. The molecule has 0 aliphatic heterocycles. The van der Waals surface area contributed by atoms with Gasteiger partial charge in [-0.1, -0.05) is 33.8 Å². The fraction of sp³-hybridized carbons (Fsp3) is 0.630. The van der Waals surface area contributed by atoms with Crippen molar-refractivity contribution in [2.24, 2.45) is 17.1 Å². The minimum atomic E-state index is -1.40. The van der Waals surface area contributed by atoms with Gasteiger partial charge in [-0.25, -0.2) is 9.59 Å². The second-order valence-corrected chi connectivity index (χ2v) is 9.70. The number of esters is 1. The third-order valence-corrected chi connectivity index (χ3v) is 6.30. The van der Waals surface area contributed by atoms with Gasteiger partial charge in [-0.05, 0) is 57.7 Å². The highest BCUT2D eigenvalue weighted by Gasteiger charge is 2.37. The van der Waals surface area contributed by atoms with Crippen LogP contribution in [-0.4, -0.2) is 54.7 Å². The molecule has 0 fully saturated rings. The van der Waals surface area contributed by atoms with Crippen molar-refractivity contribution < 1.29 is 48.0 Å². The van der Waals surface area contributed by atoms with E-state index in [9.17, 15) is 24.3 Å². The van der Waals surface area contributed by atoms with Gasteiger partial charge < -0.3 is 34.5 Å². The van der Waals surface area contributed by atoms with E-state index in [-0.39, 0.29) is 24.7 Å². The predicted molar refractivity (Wildman–Crippen MR) is 138 cm³/mol. The summed E-state index contributed by atoms with van der Waals surface area (Å²) in [5, 5.41) is 9.74. The molecule has 1 rings (SSSR count). The SMILES string of the molecule is CCCOC(=O)Oc1ccc(C(C(C)C(C)OC(=O)C(C)(C)CC)[C@H](N)C(=O)O)cc1OC(=O)OCCC. The van der Waals surface area contributed by atoms with Gasteiger partial charge >= 0.3 is 24.2 Å². The molecule has 0 aliphatic rings. The van der Waals surface area contributed by atoms with E-state index >= 15 is 0 Å². The maximum Gasteiger partial charge on any atom is 0.513 e. The largest absolute Gasteiger partial charge is 0.513 e. The summed E-state index contributed by atoms with van der Waals surface area (Å²) in [5.41, 5.74) is 5.73. The van der Waals surface area contributed by atoms with Crippen molar-refractivity contribution in [3.05, 3.63) is 23.8 Å². The molecule has 1 aromatic rings. The molecule has 11 nitrogen and oxygen atoms in total. The summed E-state index contributed by atoms with van der Waals surface area (Å²) in [7, 11) is 0. The Balaban J connectivity index is 3.43. The monoisotopic (exact) mass is 539 g/mol. The van der Waals surface area contributed by atoms with Gasteiger partial charge in [0.15, 0.2) is 11.5 Å². The lowest BCUT2D eigenvalue weighted by Gasteiger charge is -2.33. The van der Waals surface area contributed by atoms with E-state index in [4.69, 9.17) is 29.4 Å². The van der Waals surface area contributed by atoms with Crippen LogP contribution >= 0.6 is 0 Å². The normalized spacial score (nSPS) is 14.4. The Morgan fingerprint density at radius 3 is 1.92 bits per heavy atom. The lowest BCUT2D eigenvalue weighted by Crippen LogP contribution is -2.43. The van der Waals surface area contributed by atoms with Crippen LogP contribution in [0.1, 0.15) is 79.2 Å². The van der Waals surface area contributed by atoms with Crippen molar-refractivity contribution in [1.29, 1.82) is 0 Å². The Bertz CT molecular complexity index is 961. The number of hydrogen-bond donors (Lipinski definition) is 2. The molecule has 0 saturated heterocycles. The first-order chi connectivity index (χ1) is 17.8. The first-order valence-electron chi connectivity index (χ1n) is 12.8. The number of carbonyl (C=O) groups is 4. The zero-order chi connectivity index (χ0) is 29.0. The van der Waals surface area contributed by atoms with Crippen molar-refractivity contribution in [3.63, 3.8) is 0 Å². The topological polar surface area (TPSA) is 161 Å². The van der Waals surface area contributed by atoms with Crippen LogP contribution in [0, 0.1) is 11.3 Å². The number of carboxylic acid groups (broad SMARTS) is 1. The Hall–Kier alpha value is -3.34. The smallest absolute Gasteiger partial charge is 0.480 e. The van der Waals surface area contributed by atoms with Crippen LogP contribution in [0.3, 0.4) is 0 Å². The van der Waals surface area contributed by atoms with Crippen LogP contribution in [0.15, 0.2) is 18.2 Å². The Morgan fingerprint density at radius 2 is 1.45 bits per heavy atom. The Labute approximate surface area is 223 Å². The van der Waals surface area contributed by atoms with Crippen LogP contribution in [0.25, 0.3) is 0 Å². The van der Waals surface area contributed by atoms with Gasteiger partial charge in [-0.2, -0.15) is 0 Å². The summed E-state index contributed by atoms with van der Waals surface area (Å²) in [6.45, 7) is 12.6. The van der Waals surface area contributed by atoms with Gasteiger partial charge in [-0.3, -0.25) is 9.59 Å². The van der Waals surface area contributed by atoms with E-state index in [1.54, 1.807) is 34.6 Å². The molecule has 0 aliphatic carbocycles. The highest BCUT2D eigenvalue weighted by Crippen LogP contribution is 2.38. The number of nitrogens with two attached hydrogens (primary N) is 1. The molecule has 0 radical (unpaired) electrons. The van der Waals surface area contributed by atoms with Crippen molar-refractivity contribution in [1.82, 2.24) is 0 Å². The van der Waals surface area contributed by atoms with E-state index < -0.39 is 53.6 Å². The number of carbonyl (C=O) groups excluding carboxylic acids is 3. The predicted octanol–water partition coefficient (Wildman–Crippen LogP) is 5.04. The van der Waals surface area contributed by atoms with Crippen LogP contribution in [0.5, 0.6) is 11.5 Å². The van der Waals surface area contributed by atoms with E-state index in [0.717, 1.165) is 0 Å². The molecule has 38 heavy (non-hydrogen) atoms. The number of aliphatic carboxylic acids is 1. The average Bonchev–Trinajstić information content (AvgIpc) is 2.87. The molecular weight excluding hydrogens is 498 g/mol. The molecule has 0 bridgehead atoms. The van der Waals surface area contributed by atoms with Crippen LogP contribution in [0.2, 0.25) is 0 Å². The first kappa shape index (κ1) is 32.7. The molecule has 3 unspecified atom stereocenters. The summed E-state index contributed by atoms with van der Waals surface area (Å²) in [6.07, 6.45) is -1.05. The van der Waals surface area contributed by atoms with Gasteiger partial charge in [0.25, 0.3) is 0 Å². The van der Waals surface area contributed by atoms with E-state index in [1.807, 2.05) is 13.8 Å². The molecule has 214 valence electrons. The van der Waals surface area contributed by atoms with E-state index in [1.165, 1.54) is 18.2 Å². The molecule has 0 spiro atoms. The third kappa shape index (κ3) is 9.51. The van der Waals surface area contributed by atoms with Crippen LogP contribution in [-0.2, 0) is 23.8 Å². The van der Waals surface area contributed by atoms with Crippen molar-refractivity contribution in [2.75, 3.05) is 13.2 Å². The molecule has 0 heterocycles. The summed E-state index contributed by atoms with van der Waals surface area (Å²) in [6, 6.07) is 2.80. The minimum absolute atomic E-state index is 0.105. The standard InChI is InChI=1S/C27H41NO10/c1-8-13-34-25(32)37-19-12-11-18(15-20(19)38-26(33)35-14-9-2)21(22(28)23(29)30)16(4)17(5)36-24(31)27(6,7)10-3/h11-12,15-17,21-22H,8-10,13-14,28H2,1-7H3,(H,29,30)/t16?,17?,21?,22-/m0/s1. The van der Waals surface area contributed by atoms with Gasteiger partial charge in [0.2, 0.25) is 0 Å². The van der Waals surface area contributed by atoms with Gasteiger partial charge in [0.05, 0.1) is 18.6 Å². The van der Waals surface area contributed by atoms with E-state index in [2.05, 4.69) is 0 Å². The van der Waals surface area contributed by atoms with Gasteiger partial charge in [0.1, 0.15) is 12.1 Å². The second kappa shape index (κ2) is 15.2. The minimum Gasteiger partial charge on any atom is -0.480 e. The van der Waals surface area contributed by atoms with Crippen molar-refractivity contribution >= 4 is 24.2 Å². The van der Waals surface area contributed by atoms with Gasteiger partial charge in [0, 0.05) is 11.8 Å². The molecule has 1 aromatic carbocycles. The molecule has 3 N–H and O–H groups in total. The van der Waals surface area contributed by atoms with Crippen LogP contribution in [0.4, 0.5) is 9.59 Å². The van der Waals surface area contributed by atoms with Crippen LogP contribution < -0.4 is 15.2 Å². The second-order valence-electron chi connectivity index (χ2n) is 9.70. The summed E-state index contributed by atoms with van der Waals surface area (Å²) < 4.78 is 26.1. The molecule has 4 atom stereocenters. The number of carboxylic acids is 1. The molecule has 11 heteroatoms. The molecule has 0 aromatic heterocycles. The fourth-order valence-corrected chi connectivity index (χ4v) is 3.37. The maximum atomic E-state index is 12.7. The van der Waals surface area contributed by atoms with Crippen molar-refractivity contribution in [2.45, 2.75) is 85.8 Å². The summed E-state index contributed by atoms with van der Waals surface area (Å²) in [4.78, 5) is 48.8. The zero-order valence-electron chi connectivity index (χ0n) is 23.3. The summed E-state index contributed by atoms with van der Waals surface area (Å²) >= 11 is 0. The average molecular weight is 540 g/mol. The lowest BCUT2D eigenvalue weighted by atomic mass is 9.79.